The van der Waals surface area contributed by atoms with Gasteiger partial charge in [-0.1, -0.05) is 18.9 Å². The van der Waals surface area contributed by atoms with Crippen LogP contribution in [-0.4, -0.2) is 42.3 Å². The fourth-order valence-electron chi connectivity index (χ4n) is 4.92. The van der Waals surface area contributed by atoms with E-state index >= 15 is 0 Å². The Balaban J connectivity index is 1.62. The zero-order chi connectivity index (χ0) is 19.7. The lowest BCUT2D eigenvalue weighted by Crippen LogP contribution is -2.43. The summed E-state index contributed by atoms with van der Waals surface area (Å²) in [7, 11) is 5.17. The van der Waals surface area contributed by atoms with Crippen molar-refractivity contribution < 1.29 is 14.3 Å². The Morgan fingerprint density at radius 3 is 2.61 bits per heavy atom. The molecule has 0 aliphatic heterocycles. The summed E-state index contributed by atoms with van der Waals surface area (Å²) in [6, 6.07) is 5.90. The Morgan fingerprint density at radius 2 is 1.89 bits per heavy atom. The minimum absolute atomic E-state index is 0.173. The van der Waals surface area contributed by atoms with Gasteiger partial charge in [0, 0.05) is 12.7 Å². The van der Waals surface area contributed by atoms with Gasteiger partial charge in [-0.05, 0) is 55.4 Å². The summed E-state index contributed by atoms with van der Waals surface area (Å²) in [6.45, 7) is 0.555. The Morgan fingerprint density at radius 1 is 1.14 bits per heavy atom. The average Bonchev–Trinajstić information content (AvgIpc) is 3.45. The van der Waals surface area contributed by atoms with Crippen LogP contribution in [0.1, 0.15) is 54.6 Å². The molecule has 1 aromatic heterocycles. The van der Waals surface area contributed by atoms with Crippen LogP contribution in [0.5, 0.6) is 11.5 Å². The first kappa shape index (κ1) is 18.8. The van der Waals surface area contributed by atoms with E-state index in [2.05, 4.69) is 10.2 Å². The van der Waals surface area contributed by atoms with Gasteiger partial charge in [-0.25, -0.2) is 0 Å². The molecule has 1 heterocycles. The van der Waals surface area contributed by atoms with Gasteiger partial charge in [0.15, 0.2) is 11.5 Å². The van der Waals surface area contributed by atoms with E-state index in [1.807, 2.05) is 30.1 Å². The number of likely N-dealkylation sites (N-methyl/N-ethyl adjacent to an activating group) is 1. The third-order valence-electron chi connectivity index (χ3n) is 6.43. The molecule has 1 saturated carbocycles. The van der Waals surface area contributed by atoms with E-state index in [9.17, 15) is 4.79 Å². The van der Waals surface area contributed by atoms with Gasteiger partial charge in [0.25, 0.3) is 0 Å². The van der Waals surface area contributed by atoms with E-state index in [0.29, 0.717) is 18.0 Å². The average molecular weight is 383 g/mol. The predicted octanol–water partition coefficient (Wildman–Crippen LogP) is 3.39. The number of aromatic amines is 1. The van der Waals surface area contributed by atoms with Crippen molar-refractivity contribution in [1.82, 2.24) is 15.1 Å². The number of H-pyrrole nitrogens is 1. The first-order valence-corrected chi connectivity index (χ1v) is 10.1. The zero-order valence-electron chi connectivity index (χ0n) is 17.0. The quantitative estimate of drug-likeness (QED) is 0.830. The van der Waals surface area contributed by atoms with Crippen molar-refractivity contribution in [2.75, 3.05) is 21.3 Å². The van der Waals surface area contributed by atoms with Crippen molar-refractivity contribution in [1.29, 1.82) is 0 Å². The third kappa shape index (κ3) is 3.05. The minimum atomic E-state index is -0.492. The van der Waals surface area contributed by atoms with Gasteiger partial charge in [0.2, 0.25) is 5.91 Å². The molecular weight excluding hydrogens is 354 g/mol. The molecule has 28 heavy (non-hydrogen) atoms. The molecule has 4 rings (SSSR count). The number of carbonyl (C=O) groups excluding carboxylic acids is 1. The molecule has 150 valence electrons. The molecule has 0 radical (unpaired) electrons. The number of rotatable bonds is 6. The summed E-state index contributed by atoms with van der Waals surface area (Å²) >= 11 is 0. The number of fused-ring (bicyclic) bond motifs is 1. The number of nitrogens with one attached hydrogen (secondary N) is 1. The third-order valence-corrected chi connectivity index (χ3v) is 6.43. The lowest BCUT2D eigenvalue weighted by Gasteiger charge is -2.33. The molecule has 0 spiro atoms. The first-order chi connectivity index (χ1) is 13.6. The number of nitrogens with zero attached hydrogens (tertiary/aromatic N) is 2. The highest BCUT2D eigenvalue weighted by atomic mass is 16.5. The van der Waals surface area contributed by atoms with Crippen molar-refractivity contribution >= 4 is 5.91 Å². The van der Waals surface area contributed by atoms with Crippen LogP contribution < -0.4 is 9.47 Å². The summed E-state index contributed by atoms with van der Waals surface area (Å²) in [4.78, 5) is 15.5. The predicted molar refractivity (Wildman–Crippen MR) is 107 cm³/mol. The summed E-state index contributed by atoms with van der Waals surface area (Å²) in [5.74, 6) is 1.53. The molecule has 0 saturated heterocycles. The van der Waals surface area contributed by atoms with E-state index in [0.717, 1.165) is 49.8 Å². The van der Waals surface area contributed by atoms with Crippen LogP contribution in [0, 0.1) is 0 Å². The number of carbonyl (C=O) groups is 1. The molecule has 2 aliphatic carbocycles. The fourth-order valence-corrected chi connectivity index (χ4v) is 4.92. The minimum Gasteiger partial charge on any atom is -0.493 e. The van der Waals surface area contributed by atoms with Gasteiger partial charge in [0.05, 0.1) is 31.9 Å². The SMILES string of the molecule is COc1ccc(C2(C(=O)N(C)Cc3n[nH]c4c3CCC4)CCCC2)cc1OC. The number of benzene rings is 1. The largest absolute Gasteiger partial charge is 0.493 e. The number of hydrogen-bond acceptors (Lipinski definition) is 4. The molecule has 0 atom stereocenters. The van der Waals surface area contributed by atoms with E-state index in [4.69, 9.17) is 9.47 Å². The van der Waals surface area contributed by atoms with Crippen LogP contribution in [0.25, 0.3) is 0 Å². The topological polar surface area (TPSA) is 67.5 Å². The lowest BCUT2D eigenvalue weighted by atomic mass is 9.77. The second-order valence-corrected chi connectivity index (χ2v) is 8.00. The maximum atomic E-state index is 13.7. The van der Waals surface area contributed by atoms with Gasteiger partial charge in [-0.3, -0.25) is 9.89 Å². The fraction of sp³-hybridized carbons (Fsp3) is 0.545. The first-order valence-electron chi connectivity index (χ1n) is 10.1. The molecular formula is C22H29N3O3. The van der Waals surface area contributed by atoms with Crippen molar-refractivity contribution in [2.24, 2.45) is 0 Å². The molecule has 1 N–H and O–H groups in total. The Bertz CT molecular complexity index is 868. The smallest absolute Gasteiger partial charge is 0.233 e. The molecule has 1 fully saturated rings. The van der Waals surface area contributed by atoms with Gasteiger partial charge in [-0.2, -0.15) is 5.10 Å². The van der Waals surface area contributed by atoms with Crippen LogP contribution in [0.3, 0.4) is 0 Å². The maximum absolute atomic E-state index is 13.7. The van der Waals surface area contributed by atoms with Crippen molar-refractivity contribution in [3.05, 3.63) is 40.7 Å². The van der Waals surface area contributed by atoms with Crippen molar-refractivity contribution in [3.63, 3.8) is 0 Å². The second-order valence-electron chi connectivity index (χ2n) is 8.00. The number of amides is 1. The Kier molecular flexibility index (Phi) is 5.04. The van der Waals surface area contributed by atoms with Crippen LogP contribution >= 0.6 is 0 Å². The number of aromatic nitrogens is 2. The highest BCUT2D eigenvalue weighted by Crippen LogP contribution is 2.45. The van der Waals surface area contributed by atoms with Crippen LogP contribution in [0.4, 0.5) is 0 Å². The normalized spacial score (nSPS) is 17.4. The molecule has 1 amide bonds. The van der Waals surface area contributed by atoms with Gasteiger partial charge in [0.1, 0.15) is 0 Å². The van der Waals surface area contributed by atoms with Crippen LogP contribution in [0.2, 0.25) is 0 Å². The second kappa shape index (κ2) is 7.49. The summed E-state index contributed by atoms with van der Waals surface area (Å²) < 4.78 is 10.9. The standard InChI is InChI=1S/C22H29N3O3/c1-25(14-18-16-7-6-8-17(16)23-24-18)21(26)22(11-4-5-12-22)15-9-10-19(27-2)20(13-15)28-3/h9-10,13H,4-8,11-12,14H2,1-3H3,(H,23,24). The number of hydrogen-bond donors (Lipinski definition) is 1. The maximum Gasteiger partial charge on any atom is 0.233 e. The number of methoxy groups -OCH3 is 2. The molecule has 6 nitrogen and oxygen atoms in total. The van der Waals surface area contributed by atoms with E-state index in [-0.39, 0.29) is 5.91 Å². The van der Waals surface area contributed by atoms with Gasteiger partial charge in [-0.15, -0.1) is 0 Å². The highest BCUT2D eigenvalue weighted by Gasteiger charge is 2.44. The molecule has 6 heteroatoms. The summed E-state index contributed by atoms with van der Waals surface area (Å²) in [5, 5.41) is 7.63. The molecule has 1 aromatic carbocycles. The van der Waals surface area contributed by atoms with Gasteiger partial charge < -0.3 is 14.4 Å². The Hall–Kier alpha value is -2.50. The lowest BCUT2D eigenvalue weighted by molar-refractivity contribution is -0.136. The molecule has 0 bridgehead atoms. The molecule has 0 unspecified atom stereocenters. The summed E-state index contributed by atoms with van der Waals surface area (Å²) in [6.07, 6.45) is 7.15. The van der Waals surface area contributed by atoms with Crippen LogP contribution in [0.15, 0.2) is 18.2 Å². The highest BCUT2D eigenvalue weighted by molar-refractivity contribution is 5.88. The summed E-state index contributed by atoms with van der Waals surface area (Å²) in [5.41, 5.74) is 4.10. The Labute approximate surface area is 166 Å². The number of ether oxygens (including phenoxy) is 2. The van der Waals surface area contributed by atoms with Crippen molar-refractivity contribution in [2.45, 2.75) is 56.9 Å². The van der Waals surface area contributed by atoms with E-state index in [1.165, 1.54) is 17.7 Å². The van der Waals surface area contributed by atoms with E-state index < -0.39 is 5.41 Å². The zero-order valence-corrected chi connectivity index (χ0v) is 17.0. The van der Waals surface area contributed by atoms with Crippen molar-refractivity contribution in [3.8, 4) is 11.5 Å². The van der Waals surface area contributed by atoms with E-state index in [1.54, 1.807) is 14.2 Å². The number of aryl methyl sites for hydroxylation is 1. The monoisotopic (exact) mass is 383 g/mol. The van der Waals surface area contributed by atoms with Crippen LogP contribution in [-0.2, 0) is 29.6 Å². The van der Waals surface area contributed by atoms with Gasteiger partial charge >= 0.3 is 0 Å². The molecule has 2 aliphatic rings. The molecule has 2 aromatic rings.